The third kappa shape index (κ3) is 2.96. The van der Waals surface area contributed by atoms with Crippen molar-refractivity contribution in [1.29, 1.82) is 0 Å². The molecule has 2 rings (SSSR count). The van der Waals surface area contributed by atoms with Crippen molar-refractivity contribution >= 4 is 5.96 Å². The summed E-state index contributed by atoms with van der Waals surface area (Å²) < 4.78 is 13.5. The predicted molar refractivity (Wildman–Crippen MR) is 67.4 cm³/mol. The smallest absolute Gasteiger partial charge is 0.189 e. The van der Waals surface area contributed by atoms with E-state index in [-0.39, 0.29) is 23.8 Å². The Morgan fingerprint density at radius 3 is 2.82 bits per heavy atom. The van der Waals surface area contributed by atoms with Crippen molar-refractivity contribution in [2.24, 2.45) is 10.7 Å². The van der Waals surface area contributed by atoms with E-state index in [9.17, 15) is 4.39 Å². The lowest BCUT2D eigenvalue weighted by Crippen LogP contribution is -2.37. The molecule has 0 aliphatic heterocycles. The Morgan fingerprint density at radius 2 is 2.18 bits per heavy atom. The van der Waals surface area contributed by atoms with Crippen molar-refractivity contribution < 1.29 is 4.39 Å². The molecule has 0 heterocycles. The molecule has 3 N–H and O–H groups in total. The van der Waals surface area contributed by atoms with Crippen molar-refractivity contribution in [3.05, 3.63) is 35.6 Å². The van der Waals surface area contributed by atoms with Crippen LogP contribution < -0.4 is 11.1 Å². The first kappa shape index (κ1) is 11.9. The van der Waals surface area contributed by atoms with E-state index in [1.807, 2.05) is 26.0 Å². The fourth-order valence-corrected chi connectivity index (χ4v) is 1.95. The Hall–Kier alpha value is -1.58. The molecule has 1 saturated carbocycles. The molecule has 17 heavy (non-hydrogen) atoms. The van der Waals surface area contributed by atoms with Crippen LogP contribution >= 0.6 is 0 Å². The molecule has 0 aromatic heterocycles. The van der Waals surface area contributed by atoms with Gasteiger partial charge in [0.15, 0.2) is 5.96 Å². The molecule has 0 spiro atoms. The fourth-order valence-electron chi connectivity index (χ4n) is 1.95. The number of nitrogens with one attached hydrogen (secondary N) is 1. The summed E-state index contributed by atoms with van der Waals surface area (Å²) in [5.74, 6) is 0.484. The lowest BCUT2D eigenvalue weighted by molar-refractivity contribution is 0.609. The van der Waals surface area contributed by atoms with E-state index in [4.69, 9.17) is 5.73 Å². The standard InChI is InChI=1S/C13H18FN3/c1-8(2)16-13(15)17-12-7-10(12)9-5-3-4-6-11(9)14/h3-6,8,10,12H,7H2,1-2H3,(H3,15,16,17)/t10-,12+/m0/s1. The highest BCUT2D eigenvalue weighted by molar-refractivity contribution is 5.78. The fraction of sp³-hybridized carbons (Fsp3) is 0.462. The van der Waals surface area contributed by atoms with Crippen LogP contribution in [0.3, 0.4) is 0 Å². The number of benzene rings is 1. The molecule has 1 aliphatic rings. The van der Waals surface area contributed by atoms with E-state index in [0.717, 1.165) is 12.0 Å². The minimum atomic E-state index is -0.148. The second kappa shape index (κ2) is 4.73. The number of rotatable bonds is 3. The lowest BCUT2D eigenvalue weighted by Gasteiger charge is -2.08. The van der Waals surface area contributed by atoms with Crippen LogP contribution in [0.5, 0.6) is 0 Å². The van der Waals surface area contributed by atoms with Crippen molar-refractivity contribution in [3.8, 4) is 0 Å². The lowest BCUT2D eigenvalue weighted by atomic mass is 10.1. The van der Waals surface area contributed by atoms with Crippen LogP contribution in [0.1, 0.15) is 31.7 Å². The molecule has 0 saturated heterocycles. The number of guanidine groups is 1. The minimum absolute atomic E-state index is 0.123. The average Bonchev–Trinajstić information content (AvgIpc) is 2.96. The van der Waals surface area contributed by atoms with Gasteiger partial charge in [-0.1, -0.05) is 18.2 Å². The first-order chi connectivity index (χ1) is 8.08. The van der Waals surface area contributed by atoms with Crippen LogP contribution in [0.15, 0.2) is 29.3 Å². The van der Waals surface area contributed by atoms with Crippen molar-refractivity contribution in [1.82, 2.24) is 5.32 Å². The van der Waals surface area contributed by atoms with Gasteiger partial charge in [0.2, 0.25) is 0 Å². The summed E-state index contributed by atoms with van der Waals surface area (Å²) in [5.41, 5.74) is 6.49. The topological polar surface area (TPSA) is 50.4 Å². The van der Waals surface area contributed by atoms with E-state index in [1.165, 1.54) is 6.07 Å². The van der Waals surface area contributed by atoms with Gasteiger partial charge in [-0.25, -0.2) is 9.38 Å². The van der Waals surface area contributed by atoms with Crippen LogP contribution in [-0.4, -0.2) is 18.0 Å². The van der Waals surface area contributed by atoms with Gasteiger partial charge in [0.05, 0.1) is 6.04 Å². The molecule has 4 heteroatoms. The quantitative estimate of drug-likeness (QED) is 0.622. The summed E-state index contributed by atoms with van der Waals surface area (Å²) in [6.45, 7) is 4.01. The highest BCUT2D eigenvalue weighted by Crippen LogP contribution is 2.44. The Labute approximate surface area is 101 Å². The van der Waals surface area contributed by atoms with Crippen LogP contribution in [0.2, 0.25) is 0 Å². The van der Waals surface area contributed by atoms with Crippen molar-refractivity contribution in [2.45, 2.75) is 38.3 Å². The highest BCUT2D eigenvalue weighted by atomic mass is 19.1. The van der Waals surface area contributed by atoms with Gasteiger partial charge in [-0.15, -0.1) is 0 Å². The van der Waals surface area contributed by atoms with Gasteiger partial charge in [0.25, 0.3) is 0 Å². The zero-order chi connectivity index (χ0) is 12.4. The summed E-state index contributed by atoms with van der Waals surface area (Å²) in [6.07, 6.45) is 0.876. The first-order valence-electron chi connectivity index (χ1n) is 5.92. The monoisotopic (exact) mass is 235 g/mol. The SMILES string of the molecule is CC(C)NC(N)=N[C@@H]1C[C@H]1c1ccccc1F. The highest BCUT2D eigenvalue weighted by Gasteiger charge is 2.40. The number of aliphatic imine (C=N–C) groups is 1. The second-order valence-electron chi connectivity index (χ2n) is 4.74. The summed E-state index contributed by atoms with van der Waals surface area (Å²) in [4.78, 5) is 4.34. The van der Waals surface area contributed by atoms with Gasteiger partial charge >= 0.3 is 0 Å². The Bertz CT molecular complexity index is 428. The molecule has 1 fully saturated rings. The van der Waals surface area contributed by atoms with Gasteiger partial charge in [0.1, 0.15) is 5.82 Å². The Kier molecular flexibility index (Phi) is 3.31. The zero-order valence-corrected chi connectivity index (χ0v) is 10.2. The van der Waals surface area contributed by atoms with Crippen LogP contribution in [0.4, 0.5) is 4.39 Å². The number of hydrogen-bond acceptors (Lipinski definition) is 1. The molecule has 1 aromatic carbocycles. The molecule has 2 atom stereocenters. The van der Waals surface area contributed by atoms with Crippen molar-refractivity contribution in [3.63, 3.8) is 0 Å². The van der Waals surface area contributed by atoms with Crippen LogP contribution in [-0.2, 0) is 0 Å². The molecular formula is C13H18FN3. The number of halogens is 1. The summed E-state index contributed by atoms with van der Waals surface area (Å²) in [5, 5.41) is 3.03. The maximum absolute atomic E-state index is 13.5. The molecular weight excluding hydrogens is 217 g/mol. The maximum Gasteiger partial charge on any atom is 0.189 e. The molecule has 0 bridgehead atoms. The number of hydrogen-bond donors (Lipinski definition) is 2. The van der Waals surface area contributed by atoms with Gasteiger partial charge in [0, 0.05) is 12.0 Å². The molecule has 0 amide bonds. The summed E-state index contributed by atoms with van der Waals surface area (Å²) >= 11 is 0. The van der Waals surface area contributed by atoms with Crippen LogP contribution in [0, 0.1) is 5.82 Å². The third-order valence-corrected chi connectivity index (χ3v) is 2.80. The molecule has 3 nitrogen and oxygen atoms in total. The molecule has 0 unspecified atom stereocenters. The predicted octanol–water partition coefficient (Wildman–Crippen LogP) is 1.99. The van der Waals surface area contributed by atoms with E-state index < -0.39 is 0 Å². The second-order valence-corrected chi connectivity index (χ2v) is 4.74. The van der Waals surface area contributed by atoms with Gasteiger partial charge < -0.3 is 11.1 Å². The summed E-state index contributed by atoms with van der Waals surface area (Å²) in [6, 6.07) is 7.26. The minimum Gasteiger partial charge on any atom is -0.370 e. The summed E-state index contributed by atoms with van der Waals surface area (Å²) in [7, 11) is 0. The van der Waals surface area contributed by atoms with E-state index in [0.29, 0.717) is 5.96 Å². The average molecular weight is 235 g/mol. The normalized spacial score (nSPS) is 23.9. The maximum atomic E-state index is 13.5. The molecule has 0 radical (unpaired) electrons. The van der Waals surface area contributed by atoms with Crippen molar-refractivity contribution in [2.75, 3.05) is 0 Å². The largest absolute Gasteiger partial charge is 0.370 e. The molecule has 1 aromatic rings. The van der Waals surface area contributed by atoms with Gasteiger partial charge in [-0.2, -0.15) is 0 Å². The molecule has 92 valence electrons. The Morgan fingerprint density at radius 1 is 1.47 bits per heavy atom. The van der Waals surface area contributed by atoms with E-state index in [2.05, 4.69) is 10.3 Å². The zero-order valence-electron chi connectivity index (χ0n) is 10.2. The first-order valence-corrected chi connectivity index (χ1v) is 5.92. The third-order valence-electron chi connectivity index (χ3n) is 2.80. The van der Waals surface area contributed by atoms with E-state index >= 15 is 0 Å². The number of nitrogens with two attached hydrogens (primary N) is 1. The van der Waals surface area contributed by atoms with Gasteiger partial charge in [-0.3, -0.25) is 0 Å². The Balaban J connectivity index is 1.99. The van der Waals surface area contributed by atoms with Crippen LogP contribution in [0.25, 0.3) is 0 Å². The number of nitrogens with zero attached hydrogens (tertiary/aromatic N) is 1. The van der Waals surface area contributed by atoms with E-state index in [1.54, 1.807) is 6.07 Å². The molecule has 1 aliphatic carbocycles. The van der Waals surface area contributed by atoms with Gasteiger partial charge in [-0.05, 0) is 31.9 Å².